The number of benzene rings is 1. The van der Waals surface area contributed by atoms with Crippen LogP contribution in [0.25, 0.3) is 5.65 Å². The quantitative estimate of drug-likeness (QED) is 0.610. The molecule has 0 spiro atoms. The van der Waals surface area contributed by atoms with Crippen molar-refractivity contribution in [2.24, 2.45) is 0 Å². The summed E-state index contributed by atoms with van der Waals surface area (Å²) in [6.07, 6.45) is 7.70. The Bertz CT molecular complexity index is 854. The maximum atomic E-state index is 12.5. The smallest absolute Gasteiger partial charge is 0.221 e. The van der Waals surface area contributed by atoms with Gasteiger partial charge in [-0.15, -0.1) is 0 Å². The number of unbranched alkanes of at least 4 members (excludes halogenated alkanes) is 2. The number of hydrogen-bond acceptors (Lipinski definition) is 2. The Labute approximate surface area is 155 Å². The van der Waals surface area contributed by atoms with Gasteiger partial charge in [0.2, 0.25) is 5.91 Å². The second-order valence-corrected chi connectivity index (χ2v) is 6.79. The molecule has 1 amide bonds. The monoisotopic (exact) mass is 349 g/mol. The molecule has 0 aliphatic rings. The molecule has 0 aliphatic heterocycles. The van der Waals surface area contributed by atoms with Crippen LogP contribution in [-0.2, 0) is 4.79 Å². The highest BCUT2D eigenvalue weighted by Gasteiger charge is 2.21. The molecule has 4 nitrogen and oxygen atoms in total. The SMILES string of the molecule is CCCCCNC(=O)CC(c1ccccc1)c1cnc2c(C)cccn12. The third-order valence-corrected chi connectivity index (χ3v) is 4.81. The van der Waals surface area contributed by atoms with Crippen molar-refractivity contribution in [3.63, 3.8) is 0 Å². The van der Waals surface area contributed by atoms with Crippen LogP contribution in [0.15, 0.2) is 54.9 Å². The first kappa shape index (κ1) is 18.2. The fraction of sp³-hybridized carbons (Fsp3) is 0.364. The fourth-order valence-electron chi connectivity index (χ4n) is 3.37. The van der Waals surface area contributed by atoms with Gasteiger partial charge in [0, 0.05) is 31.3 Å². The lowest BCUT2D eigenvalue weighted by molar-refractivity contribution is -0.121. The number of aryl methyl sites for hydroxylation is 1. The summed E-state index contributed by atoms with van der Waals surface area (Å²) in [6, 6.07) is 14.3. The minimum atomic E-state index is -0.0147. The van der Waals surface area contributed by atoms with Gasteiger partial charge in [0.25, 0.3) is 0 Å². The maximum Gasteiger partial charge on any atom is 0.221 e. The standard InChI is InChI=1S/C22H27N3O/c1-3-4-8-13-23-21(26)15-19(18-11-6-5-7-12-18)20-16-24-22-17(2)10-9-14-25(20)22/h5-7,9-12,14,16,19H,3-4,8,13,15H2,1-2H3,(H,23,26). The van der Waals surface area contributed by atoms with Crippen molar-refractivity contribution in [2.45, 2.75) is 45.4 Å². The molecule has 0 saturated carbocycles. The van der Waals surface area contributed by atoms with Gasteiger partial charge in [0.15, 0.2) is 0 Å². The zero-order valence-electron chi connectivity index (χ0n) is 15.6. The molecular weight excluding hydrogens is 322 g/mol. The number of aromatic nitrogens is 2. The highest BCUT2D eigenvalue weighted by atomic mass is 16.1. The molecule has 136 valence electrons. The van der Waals surface area contributed by atoms with E-state index in [0.717, 1.165) is 48.3 Å². The van der Waals surface area contributed by atoms with E-state index in [1.54, 1.807) is 0 Å². The summed E-state index contributed by atoms with van der Waals surface area (Å²) in [5, 5.41) is 3.07. The summed E-state index contributed by atoms with van der Waals surface area (Å²) in [7, 11) is 0. The predicted molar refractivity (Wildman–Crippen MR) is 105 cm³/mol. The number of fused-ring (bicyclic) bond motifs is 1. The molecular formula is C22H27N3O. The number of carbonyl (C=O) groups excluding carboxylic acids is 1. The molecule has 26 heavy (non-hydrogen) atoms. The predicted octanol–water partition coefficient (Wildman–Crippen LogP) is 4.47. The summed E-state index contributed by atoms with van der Waals surface area (Å²) in [4.78, 5) is 17.1. The van der Waals surface area contributed by atoms with Gasteiger partial charge in [-0.2, -0.15) is 0 Å². The Morgan fingerprint density at radius 3 is 2.73 bits per heavy atom. The van der Waals surface area contributed by atoms with E-state index in [4.69, 9.17) is 0 Å². The van der Waals surface area contributed by atoms with E-state index in [0.29, 0.717) is 6.42 Å². The van der Waals surface area contributed by atoms with E-state index in [-0.39, 0.29) is 11.8 Å². The van der Waals surface area contributed by atoms with Crippen molar-refractivity contribution in [1.29, 1.82) is 0 Å². The number of nitrogens with one attached hydrogen (secondary N) is 1. The van der Waals surface area contributed by atoms with Crippen LogP contribution in [-0.4, -0.2) is 21.8 Å². The van der Waals surface area contributed by atoms with E-state index in [1.165, 1.54) is 0 Å². The van der Waals surface area contributed by atoms with Crippen molar-refractivity contribution in [3.8, 4) is 0 Å². The van der Waals surface area contributed by atoms with Gasteiger partial charge in [-0.1, -0.05) is 56.2 Å². The Kier molecular flexibility index (Phi) is 6.05. The summed E-state index contributed by atoms with van der Waals surface area (Å²) >= 11 is 0. The van der Waals surface area contributed by atoms with Crippen LogP contribution < -0.4 is 5.32 Å². The van der Waals surface area contributed by atoms with Gasteiger partial charge >= 0.3 is 0 Å². The van der Waals surface area contributed by atoms with Crippen LogP contribution in [0.1, 0.15) is 55.3 Å². The van der Waals surface area contributed by atoms with Crippen LogP contribution in [0.5, 0.6) is 0 Å². The van der Waals surface area contributed by atoms with Gasteiger partial charge in [-0.3, -0.25) is 4.79 Å². The number of rotatable bonds is 8. The Morgan fingerprint density at radius 2 is 1.96 bits per heavy atom. The Hall–Kier alpha value is -2.62. The highest BCUT2D eigenvalue weighted by molar-refractivity contribution is 5.77. The summed E-state index contributed by atoms with van der Waals surface area (Å²) in [5.41, 5.74) is 4.28. The number of imidazole rings is 1. The van der Waals surface area contributed by atoms with Crippen molar-refractivity contribution in [2.75, 3.05) is 6.54 Å². The molecule has 1 atom stereocenters. The van der Waals surface area contributed by atoms with Crippen molar-refractivity contribution in [1.82, 2.24) is 14.7 Å². The molecule has 0 radical (unpaired) electrons. The van der Waals surface area contributed by atoms with Crippen molar-refractivity contribution in [3.05, 3.63) is 71.7 Å². The van der Waals surface area contributed by atoms with E-state index in [2.05, 4.69) is 46.7 Å². The second-order valence-electron chi connectivity index (χ2n) is 6.79. The molecule has 1 aromatic carbocycles. The van der Waals surface area contributed by atoms with E-state index < -0.39 is 0 Å². The molecule has 3 rings (SSSR count). The normalized spacial score (nSPS) is 12.2. The largest absolute Gasteiger partial charge is 0.356 e. The second kappa shape index (κ2) is 8.65. The first-order valence-corrected chi connectivity index (χ1v) is 9.45. The minimum Gasteiger partial charge on any atom is -0.356 e. The average molecular weight is 349 g/mol. The molecule has 0 saturated heterocycles. The summed E-state index contributed by atoms with van der Waals surface area (Å²) in [5.74, 6) is 0.0803. The number of nitrogens with zero attached hydrogens (tertiary/aromatic N) is 2. The third kappa shape index (κ3) is 4.13. The van der Waals surface area contributed by atoms with Crippen LogP contribution in [0, 0.1) is 6.92 Å². The molecule has 0 bridgehead atoms. The Balaban J connectivity index is 1.87. The van der Waals surface area contributed by atoms with Crippen LogP contribution in [0.3, 0.4) is 0 Å². The van der Waals surface area contributed by atoms with Gasteiger partial charge in [-0.25, -0.2) is 4.98 Å². The topological polar surface area (TPSA) is 46.4 Å². The molecule has 1 N–H and O–H groups in total. The Morgan fingerprint density at radius 1 is 1.15 bits per heavy atom. The van der Waals surface area contributed by atoms with Gasteiger partial charge in [0.05, 0.1) is 5.69 Å². The van der Waals surface area contributed by atoms with Crippen LogP contribution >= 0.6 is 0 Å². The van der Waals surface area contributed by atoms with E-state index in [9.17, 15) is 4.79 Å². The summed E-state index contributed by atoms with van der Waals surface area (Å²) < 4.78 is 2.11. The fourth-order valence-corrected chi connectivity index (χ4v) is 3.37. The maximum absolute atomic E-state index is 12.5. The molecule has 3 aromatic rings. The molecule has 2 heterocycles. The van der Waals surface area contributed by atoms with Crippen LogP contribution in [0.2, 0.25) is 0 Å². The number of amides is 1. The zero-order valence-corrected chi connectivity index (χ0v) is 15.6. The van der Waals surface area contributed by atoms with Gasteiger partial charge in [-0.05, 0) is 30.5 Å². The molecule has 2 aromatic heterocycles. The van der Waals surface area contributed by atoms with E-state index in [1.807, 2.05) is 36.7 Å². The number of hydrogen-bond donors (Lipinski definition) is 1. The highest BCUT2D eigenvalue weighted by Crippen LogP contribution is 2.29. The molecule has 1 unspecified atom stereocenters. The first-order valence-electron chi connectivity index (χ1n) is 9.45. The lowest BCUT2D eigenvalue weighted by Crippen LogP contribution is -2.26. The minimum absolute atomic E-state index is 0.0147. The van der Waals surface area contributed by atoms with Gasteiger partial charge in [0.1, 0.15) is 5.65 Å². The summed E-state index contributed by atoms with van der Waals surface area (Å²) in [6.45, 7) is 4.98. The van der Waals surface area contributed by atoms with Crippen molar-refractivity contribution < 1.29 is 4.79 Å². The third-order valence-electron chi connectivity index (χ3n) is 4.81. The van der Waals surface area contributed by atoms with Crippen LogP contribution in [0.4, 0.5) is 0 Å². The molecule has 4 heteroatoms. The van der Waals surface area contributed by atoms with Crippen molar-refractivity contribution >= 4 is 11.6 Å². The number of pyridine rings is 1. The zero-order chi connectivity index (χ0) is 18.4. The lowest BCUT2D eigenvalue weighted by atomic mass is 9.92. The average Bonchev–Trinajstić information content (AvgIpc) is 3.09. The lowest BCUT2D eigenvalue weighted by Gasteiger charge is -2.17. The van der Waals surface area contributed by atoms with Gasteiger partial charge < -0.3 is 9.72 Å². The molecule has 0 fully saturated rings. The molecule has 0 aliphatic carbocycles. The first-order chi connectivity index (χ1) is 12.7. The van der Waals surface area contributed by atoms with E-state index >= 15 is 0 Å². The number of carbonyl (C=O) groups is 1.